The van der Waals surface area contributed by atoms with Gasteiger partial charge in [-0.15, -0.1) is 0 Å². The maximum Gasteiger partial charge on any atom is 0.217 e. The van der Waals surface area contributed by atoms with Crippen molar-refractivity contribution in [1.82, 2.24) is 19.9 Å². The Balaban J connectivity index is 2.10. The number of hydrogen-bond acceptors (Lipinski definition) is 9. The van der Waals surface area contributed by atoms with E-state index in [9.17, 15) is 5.11 Å². The summed E-state index contributed by atoms with van der Waals surface area (Å²) in [6.07, 6.45) is 1.99. The first-order valence-corrected chi connectivity index (χ1v) is 13.1. The number of hydrogen-bond donors (Lipinski definition) is 1. The Labute approximate surface area is 236 Å². The molecule has 2 unspecified atom stereocenters. The smallest absolute Gasteiger partial charge is 0.217 e. The van der Waals surface area contributed by atoms with E-state index in [1.807, 2.05) is 55.4 Å². The molecule has 0 amide bonds. The zero-order valence-electron chi connectivity index (χ0n) is 22.9. The quantitative estimate of drug-likeness (QED) is 0.262. The van der Waals surface area contributed by atoms with Crippen molar-refractivity contribution < 1.29 is 24.1 Å². The number of nitrogens with zero attached hydrogens (tertiary/aromatic N) is 4. The van der Waals surface area contributed by atoms with Gasteiger partial charge in [0.25, 0.3) is 0 Å². The van der Waals surface area contributed by atoms with Crippen LogP contribution in [0.1, 0.15) is 29.0 Å². The predicted molar refractivity (Wildman–Crippen MR) is 153 cm³/mol. The van der Waals surface area contributed by atoms with Gasteiger partial charge >= 0.3 is 0 Å². The molecular weight excluding hydrogens is 564 g/mol. The normalized spacial score (nSPS) is 13.7. The summed E-state index contributed by atoms with van der Waals surface area (Å²) in [5, 5.41) is 13.8. The molecule has 1 N–H and O–H groups in total. The van der Waals surface area contributed by atoms with Crippen molar-refractivity contribution in [2.45, 2.75) is 17.9 Å². The van der Waals surface area contributed by atoms with Gasteiger partial charge in [0, 0.05) is 45.9 Å². The molecule has 3 aromatic heterocycles. The van der Waals surface area contributed by atoms with E-state index in [1.165, 1.54) is 14.2 Å². The molecule has 39 heavy (non-hydrogen) atoms. The number of ether oxygens (including phenoxy) is 4. The summed E-state index contributed by atoms with van der Waals surface area (Å²) in [7, 11) is 10.1. The molecule has 10 heteroatoms. The van der Waals surface area contributed by atoms with Crippen LogP contribution in [-0.4, -0.2) is 74.0 Å². The maximum absolute atomic E-state index is 13.0. The van der Waals surface area contributed by atoms with Gasteiger partial charge in [-0.1, -0.05) is 22.0 Å². The summed E-state index contributed by atoms with van der Waals surface area (Å²) < 4.78 is 23.4. The highest BCUT2D eigenvalue weighted by Crippen LogP contribution is 2.50. The number of aromatic nitrogens is 3. The summed E-state index contributed by atoms with van der Waals surface area (Å²) in [4.78, 5) is 15.7. The highest BCUT2D eigenvalue weighted by atomic mass is 79.9. The van der Waals surface area contributed by atoms with Crippen molar-refractivity contribution in [2.75, 3.05) is 49.1 Å². The van der Waals surface area contributed by atoms with Crippen molar-refractivity contribution in [3.05, 3.63) is 75.9 Å². The molecular formula is C29H33BrN4O5. The summed E-state index contributed by atoms with van der Waals surface area (Å²) in [5.74, 6) is 0.685. The Morgan fingerprint density at radius 1 is 0.872 bits per heavy atom. The first-order chi connectivity index (χ1) is 18.7. The average Bonchev–Trinajstić information content (AvgIpc) is 2.95. The van der Waals surface area contributed by atoms with E-state index in [1.54, 1.807) is 32.5 Å². The van der Waals surface area contributed by atoms with Gasteiger partial charge in [-0.3, -0.25) is 0 Å². The highest BCUT2D eigenvalue weighted by Gasteiger charge is 2.44. The van der Waals surface area contributed by atoms with Crippen LogP contribution in [0.4, 0.5) is 0 Å². The van der Waals surface area contributed by atoms with Gasteiger partial charge in [0.15, 0.2) is 0 Å². The molecule has 0 aliphatic heterocycles. The van der Waals surface area contributed by atoms with E-state index in [4.69, 9.17) is 23.9 Å². The molecule has 0 saturated carbocycles. The van der Waals surface area contributed by atoms with Gasteiger partial charge in [0.2, 0.25) is 23.5 Å². The molecule has 0 spiro atoms. The summed E-state index contributed by atoms with van der Waals surface area (Å²) in [5.41, 5.74) is 1.13. The fourth-order valence-corrected chi connectivity index (χ4v) is 5.16. The molecule has 0 fully saturated rings. The molecule has 4 aromatic rings. The molecule has 0 bridgehead atoms. The molecule has 0 aliphatic rings. The monoisotopic (exact) mass is 596 g/mol. The third kappa shape index (κ3) is 5.93. The van der Waals surface area contributed by atoms with Gasteiger partial charge in [-0.2, -0.15) is 4.98 Å². The number of halogens is 1. The van der Waals surface area contributed by atoms with E-state index >= 15 is 0 Å². The third-order valence-corrected chi connectivity index (χ3v) is 7.19. The van der Waals surface area contributed by atoms with Gasteiger partial charge in [-0.25, -0.2) is 9.97 Å². The van der Waals surface area contributed by atoms with Crippen molar-refractivity contribution in [2.24, 2.45) is 0 Å². The molecule has 206 valence electrons. The lowest BCUT2D eigenvalue weighted by Gasteiger charge is -2.39. The highest BCUT2D eigenvalue weighted by molar-refractivity contribution is 9.10. The Bertz CT molecular complexity index is 1430. The van der Waals surface area contributed by atoms with E-state index in [0.29, 0.717) is 53.2 Å². The number of methoxy groups -OCH3 is 4. The largest absolute Gasteiger partial charge is 0.481 e. The second-order valence-electron chi connectivity index (χ2n) is 9.38. The first-order valence-electron chi connectivity index (χ1n) is 12.3. The fraction of sp³-hybridized carbons (Fsp3) is 0.345. The minimum Gasteiger partial charge on any atom is -0.481 e. The van der Waals surface area contributed by atoms with Crippen LogP contribution in [0, 0.1) is 0 Å². The van der Waals surface area contributed by atoms with Gasteiger partial charge in [0.05, 0.1) is 39.9 Å². The van der Waals surface area contributed by atoms with Crippen LogP contribution in [0.2, 0.25) is 0 Å². The topological polar surface area (TPSA) is 99.1 Å². The standard InChI is InChI=1S/C29H33BrN4O5/c1-34(2)13-11-29(35,19-16-24(36-3)33-25(17-19)37-4)26(21-8-7-12-31-27(21)38-5)22-15-18-14-20(30)9-10-23(18)32-28(22)39-6/h7-10,12,14-17,26,35H,11,13H2,1-6H3. The maximum atomic E-state index is 13.0. The van der Waals surface area contributed by atoms with Crippen LogP contribution < -0.4 is 18.9 Å². The van der Waals surface area contributed by atoms with Crippen LogP contribution in [0.3, 0.4) is 0 Å². The van der Waals surface area contributed by atoms with Crippen LogP contribution in [0.25, 0.3) is 10.9 Å². The van der Waals surface area contributed by atoms with Gasteiger partial charge < -0.3 is 29.0 Å². The molecule has 1 aromatic carbocycles. The Hall–Kier alpha value is -3.47. The molecule has 2 atom stereocenters. The van der Waals surface area contributed by atoms with Crippen LogP contribution >= 0.6 is 15.9 Å². The summed E-state index contributed by atoms with van der Waals surface area (Å²) in [6.45, 7) is 0.567. The van der Waals surface area contributed by atoms with Crippen LogP contribution in [0.5, 0.6) is 23.5 Å². The van der Waals surface area contributed by atoms with E-state index in [2.05, 4.69) is 25.9 Å². The van der Waals surface area contributed by atoms with E-state index < -0.39 is 11.5 Å². The average molecular weight is 598 g/mol. The number of aliphatic hydroxyl groups is 1. The Morgan fingerprint density at radius 2 is 1.56 bits per heavy atom. The number of rotatable bonds is 11. The lowest BCUT2D eigenvalue weighted by Crippen LogP contribution is -2.38. The fourth-order valence-electron chi connectivity index (χ4n) is 4.78. The SMILES string of the molecule is COc1cc(C(O)(CCN(C)C)C(c2cccnc2OC)c2cc3cc(Br)ccc3nc2OC)cc(OC)n1. The minimum absolute atomic E-state index is 0.317. The predicted octanol–water partition coefficient (Wildman–Crippen LogP) is 4.79. The van der Waals surface area contributed by atoms with Gasteiger partial charge in [-0.05, 0) is 56.4 Å². The van der Waals surface area contributed by atoms with Crippen LogP contribution in [-0.2, 0) is 5.60 Å². The lowest BCUT2D eigenvalue weighted by molar-refractivity contribution is 0.00259. The van der Waals surface area contributed by atoms with Crippen molar-refractivity contribution in [1.29, 1.82) is 0 Å². The van der Waals surface area contributed by atoms with Gasteiger partial charge in [0.1, 0.15) is 5.60 Å². The van der Waals surface area contributed by atoms with Crippen molar-refractivity contribution in [3.8, 4) is 23.5 Å². The van der Waals surface area contributed by atoms with E-state index in [0.717, 1.165) is 15.4 Å². The summed E-state index contributed by atoms with van der Waals surface area (Å²) in [6, 6.07) is 15.0. The Morgan fingerprint density at radius 3 is 2.18 bits per heavy atom. The van der Waals surface area contributed by atoms with Crippen molar-refractivity contribution in [3.63, 3.8) is 0 Å². The number of benzene rings is 1. The third-order valence-electron chi connectivity index (χ3n) is 6.69. The molecule has 3 heterocycles. The molecule has 0 radical (unpaired) electrons. The number of fused-ring (bicyclic) bond motifs is 1. The first kappa shape index (κ1) is 28.5. The van der Waals surface area contributed by atoms with Crippen molar-refractivity contribution >= 4 is 26.8 Å². The van der Waals surface area contributed by atoms with Crippen LogP contribution in [0.15, 0.2) is 59.2 Å². The molecule has 0 aliphatic carbocycles. The van der Waals surface area contributed by atoms with E-state index in [-0.39, 0.29) is 0 Å². The molecule has 4 rings (SSSR count). The summed E-state index contributed by atoms with van der Waals surface area (Å²) >= 11 is 3.57. The Kier molecular flexibility index (Phi) is 8.89. The second-order valence-corrected chi connectivity index (χ2v) is 10.3. The minimum atomic E-state index is -1.53. The molecule has 9 nitrogen and oxygen atoms in total. The zero-order chi connectivity index (χ0) is 28.2. The lowest BCUT2D eigenvalue weighted by atomic mass is 9.72. The second kappa shape index (κ2) is 12.1. The zero-order valence-corrected chi connectivity index (χ0v) is 24.5. The molecule has 0 saturated heterocycles. The number of pyridine rings is 3.